The number of rotatable bonds is 7. The molecule has 5 rings (SSSR count). The number of carbonyl (C=O) groups excluding carboxylic acids is 1. The highest BCUT2D eigenvalue weighted by molar-refractivity contribution is 6.05. The maximum atomic E-state index is 13.1. The van der Waals surface area contributed by atoms with Crippen LogP contribution in [0.15, 0.2) is 102 Å². The molecule has 0 spiro atoms. The van der Waals surface area contributed by atoms with Crippen molar-refractivity contribution < 1.29 is 9.53 Å². The number of hydrogen-bond donors (Lipinski definition) is 2. The Morgan fingerprint density at radius 2 is 1.64 bits per heavy atom. The lowest BCUT2D eigenvalue weighted by atomic mass is 9.86. The highest BCUT2D eigenvalue weighted by atomic mass is 16.5. The van der Waals surface area contributed by atoms with Crippen molar-refractivity contribution in [1.29, 1.82) is 0 Å². The number of benzene rings is 3. The van der Waals surface area contributed by atoms with Crippen LogP contribution < -0.4 is 20.9 Å². The van der Waals surface area contributed by atoms with Gasteiger partial charge in [-0.1, -0.05) is 45.0 Å². The van der Waals surface area contributed by atoms with Crippen LogP contribution in [0.5, 0.6) is 11.5 Å². The Balaban J connectivity index is 1.36. The van der Waals surface area contributed by atoms with Gasteiger partial charge in [0.1, 0.15) is 11.5 Å². The summed E-state index contributed by atoms with van der Waals surface area (Å²) in [5, 5.41) is 6.17. The highest BCUT2D eigenvalue weighted by Crippen LogP contribution is 2.29. The molecule has 42 heavy (non-hydrogen) atoms. The minimum atomic E-state index is -0.268. The second-order valence-corrected chi connectivity index (χ2v) is 11.1. The third-order valence-corrected chi connectivity index (χ3v) is 6.93. The Morgan fingerprint density at radius 3 is 2.31 bits per heavy atom. The minimum absolute atomic E-state index is 0.00850. The number of anilines is 3. The van der Waals surface area contributed by atoms with Crippen LogP contribution in [0.4, 0.5) is 17.2 Å². The second-order valence-electron chi connectivity index (χ2n) is 11.1. The van der Waals surface area contributed by atoms with E-state index in [1.807, 2.05) is 67.6 Å². The van der Waals surface area contributed by atoms with Gasteiger partial charge < -0.3 is 19.9 Å². The molecule has 2 heterocycles. The Labute approximate surface area is 245 Å². The maximum absolute atomic E-state index is 13.1. The zero-order valence-corrected chi connectivity index (χ0v) is 24.3. The third kappa shape index (κ3) is 6.39. The van der Waals surface area contributed by atoms with E-state index in [-0.39, 0.29) is 22.7 Å². The fourth-order valence-electron chi connectivity index (χ4n) is 4.47. The summed E-state index contributed by atoms with van der Waals surface area (Å²) in [7, 11) is 1.69. The third-order valence-electron chi connectivity index (χ3n) is 6.93. The van der Waals surface area contributed by atoms with Crippen molar-refractivity contribution in [2.24, 2.45) is 7.05 Å². The van der Waals surface area contributed by atoms with E-state index in [0.717, 1.165) is 16.7 Å². The molecule has 212 valence electrons. The second kappa shape index (κ2) is 11.7. The lowest BCUT2D eigenvalue weighted by Gasteiger charge is -2.19. The molecule has 8 heteroatoms. The molecule has 0 saturated carbocycles. The number of amides is 1. The van der Waals surface area contributed by atoms with Gasteiger partial charge in [0.2, 0.25) is 0 Å². The van der Waals surface area contributed by atoms with E-state index in [2.05, 4.69) is 41.4 Å². The number of aryl methyl sites for hydroxylation is 1. The van der Waals surface area contributed by atoms with E-state index < -0.39 is 0 Å². The monoisotopic (exact) mass is 559 g/mol. The molecule has 3 aromatic carbocycles. The zero-order chi connectivity index (χ0) is 29.9. The predicted octanol–water partition coefficient (Wildman–Crippen LogP) is 7.24. The number of aromatic nitrogens is 3. The fraction of sp³-hybridized carbons (Fsp3) is 0.176. The van der Waals surface area contributed by atoms with Crippen LogP contribution in [0, 0.1) is 6.92 Å². The molecule has 2 N–H and O–H groups in total. The van der Waals surface area contributed by atoms with Gasteiger partial charge in [0.15, 0.2) is 5.82 Å². The molecule has 0 atom stereocenters. The lowest BCUT2D eigenvalue weighted by Crippen LogP contribution is -2.21. The summed E-state index contributed by atoms with van der Waals surface area (Å²) in [6.07, 6.45) is 5.01. The van der Waals surface area contributed by atoms with Crippen LogP contribution in [0.2, 0.25) is 0 Å². The first-order valence-electron chi connectivity index (χ1n) is 13.6. The summed E-state index contributed by atoms with van der Waals surface area (Å²) in [5.74, 6) is 1.27. The van der Waals surface area contributed by atoms with Gasteiger partial charge >= 0.3 is 0 Å². The van der Waals surface area contributed by atoms with Crippen LogP contribution in [0.3, 0.4) is 0 Å². The number of ether oxygens (including phenoxy) is 1. The molecule has 0 aliphatic carbocycles. The SMILES string of the molecule is Cc1c(NC(=O)c2ccc(C(C)(C)C)cc2)cccc1-c1cn(C)c(=O)c(Nc2ccc(Oc3cccnc3)cc2)n1. The molecular formula is C34H33N5O3. The summed E-state index contributed by atoms with van der Waals surface area (Å²) >= 11 is 0. The number of hydrogen-bond acceptors (Lipinski definition) is 6. The van der Waals surface area contributed by atoms with Gasteiger partial charge in [-0.05, 0) is 78.1 Å². The molecule has 0 aliphatic rings. The van der Waals surface area contributed by atoms with Crippen molar-refractivity contribution in [3.05, 3.63) is 124 Å². The van der Waals surface area contributed by atoms with Crippen molar-refractivity contribution in [1.82, 2.24) is 14.5 Å². The minimum Gasteiger partial charge on any atom is -0.456 e. The fourth-order valence-corrected chi connectivity index (χ4v) is 4.47. The number of pyridine rings is 1. The summed E-state index contributed by atoms with van der Waals surface area (Å²) < 4.78 is 7.29. The molecule has 0 fully saturated rings. The highest BCUT2D eigenvalue weighted by Gasteiger charge is 2.17. The molecule has 0 unspecified atom stereocenters. The molecule has 8 nitrogen and oxygen atoms in total. The smallest absolute Gasteiger partial charge is 0.293 e. The van der Waals surface area contributed by atoms with Crippen molar-refractivity contribution in [3.8, 4) is 22.8 Å². The van der Waals surface area contributed by atoms with E-state index >= 15 is 0 Å². The van der Waals surface area contributed by atoms with Crippen LogP contribution in [0.1, 0.15) is 42.3 Å². The molecule has 2 aromatic heterocycles. The Kier molecular flexibility index (Phi) is 7.88. The Hall–Kier alpha value is -5.24. The van der Waals surface area contributed by atoms with Crippen LogP contribution in [0.25, 0.3) is 11.3 Å². The first kappa shape index (κ1) is 28.3. The van der Waals surface area contributed by atoms with Crippen molar-refractivity contribution in [2.45, 2.75) is 33.1 Å². The summed E-state index contributed by atoms with van der Waals surface area (Å²) in [6.45, 7) is 8.35. The average molecular weight is 560 g/mol. The van der Waals surface area contributed by atoms with Gasteiger partial charge in [0, 0.05) is 41.9 Å². The zero-order valence-electron chi connectivity index (χ0n) is 24.3. The van der Waals surface area contributed by atoms with Gasteiger partial charge in [-0.15, -0.1) is 0 Å². The first-order valence-corrected chi connectivity index (χ1v) is 13.6. The van der Waals surface area contributed by atoms with Gasteiger partial charge in [-0.25, -0.2) is 4.98 Å². The number of nitrogens with one attached hydrogen (secondary N) is 2. The standard InChI is InChI=1S/C34H33N5O3/c1-22-28(9-6-10-29(22)38-32(40)23-11-13-24(14-12-23)34(2,3)4)30-21-39(5)33(41)31(37-30)36-25-15-17-26(18-16-25)42-27-8-7-19-35-20-27/h6-21H,1-5H3,(H,36,37)(H,38,40). The van der Waals surface area contributed by atoms with Crippen molar-refractivity contribution in [3.63, 3.8) is 0 Å². The van der Waals surface area contributed by atoms with Gasteiger partial charge in [0.05, 0.1) is 11.9 Å². The van der Waals surface area contributed by atoms with Gasteiger partial charge in [-0.2, -0.15) is 0 Å². The van der Waals surface area contributed by atoms with E-state index in [4.69, 9.17) is 4.74 Å². The molecule has 1 amide bonds. The average Bonchev–Trinajstić information content (AvgIpc) is 2.97. The normalized spacial score (nSPS) is 11.2. The quantitative estimate of drug-likeness (QED) is 0.218. The summed E-state index contributed by atoms with van der Waals surface area (Å²) in [5.41, 5.74) is 5.08. The van der Waals surface area contributed by atoms with Crippen molar-refractivity contribution in [2.75, 3.05) is 10.6 Å². The predicted molar refractivity (Wildman–Crippen MR) is 167 cm³/mol. The maximum Gasteiger partial charge on any atom is 0.293 e. The summed E-state index contributed by atoms with van der Waals surface area (Å²) in [6, 6.07) is 24.2. The Morgan fingerprint density at radius 1 is 0.905 bits per heavy atom. The molecule has 0 aliphatic heterocycles. The van der Waals surface area contributed by atoms with Crippen LogP contribution in [-0.4, -0.2) is 20.4 Å². The number of carbonyl (C=O) groups is 1. The molecule has 0 radical (unpaired) electrons. The largest absolute Gasteiger partial charge is 0.456 e. The molecule has 0 bridgehead atoms. The topological polar surface area (TPSA) is 98.1 Å². The van der Waals surface area contributed by atoms with Gasteiger partial charge in [0.25, 0.3) is 11.5 Å². The number of nitrogens with zero attached hydrogens (tertiary/aromatic N) is 3. The molecular weight excluding hydrogens is 526 g/mol. The summed E-state index contributed by atoms with van der Waals surface area (Å²) in [4.78, 5) is 34.7. The van der Waals surface area contributed by atoms with E-state index in [1.54, 1.807) is 43.8 Å². The van der Waals surface area contributed by atoms with E-state index in [1.165, 1.54) is 4.57 Å². The van der Waals surface area contributed by atoms with Crippen LogP contribution >= 0.6 is 0 Å². The Bertz CT molecular complexity index is 1770. The molecule has 5 aromatic rings. The van der Waals surface area contributed by atoms with Crippen molar-refractivity contribution >= 4 is 23.1 Å². The molecule has 0 saturated heterocycles. The van der Waals surface area contributed by atoms with Gasteiger partial charge in [-0.3, -0.25) is 14.6 Å². The first-order chi connectivity index (χ1) is 20.1. The lowest BCUT2D eigenvalue weighted by molar-refractivity contribution is 0.102. The van der Waals surface area contributed by atoms with E-state index in [9.17, 15) is 9.59 Å². The van der Waals surface area contributed by atoms with E-state index in [0.29, 0.717) is 34.1 Å². The van der Waals surface area contributed by atoms with Crippen LogP contribution in [-0.2, 0) is 12.5 Å².